The summed E-state index contributed by atoms with van der Waals surface area (Å²) in [4.78, 5) is 14.8. The van der Waals surface area contributed by atoms with Crippen molar-refractivity contribution in [2.75, 3.05) is 20.8 Å². The molecule has 25 heavy (non-hydrogen) atoms. The Morgan fingerprint density at radius 1 is 1.20 bits per heavy atom. The van der Waals surface area contributed by atoms with Gasteiger partial charge >= 0.3 is 0 Å². The fraction of sp³-hybridized carbons (Fsp3) is 0.389. The average Bonchev–Trinajstić information content (AvgIpc) is 3.01. The molecule has 2 heterocycles. The SMILES string of the molecule is C/C=C\c1cc(C(=O)N2CCn3c(C)nnc3C2)cc(OC)c1OC. The number of methoxy groups -OCH3 is 2. The van der Waals surface area contributed by atoms with Gasteiger partial charge in [-0.15, -0.1) is 10.2 Å². The molecule has 1 aromatic carbocycles. The van der Waals surface area contributed by atoms with Crippen LogP contribution in [0.2, 0.25) is 0 Å². The van der Waals surface area contributed by atoms with E-state index in [1.807, 2.05) is 36.6 Å². The van der Waals surface area contributed by atoms with E-state index in [2.05, 4.69) is 10.2 Å². The van der Waals surface area contributed by atoms with E-state index in [0.717, 1.165) is 17.2 Å². The molecule has 0 N–H and O–H groups in total. The summed E-state index contributed by atoms with van der Waals surface area (Å²) in [6, 6.07) is 3.55. The van der Waals surface area contributed by atoms with Crippen LogP contribution in [0.1, 0.15) is 34.5 Å². The molecule has 0 aliphatic carbocycles. The summed E-state index contributed by atoms with van der Waals surface area (Å²) in [6.45, 7) is 5.62. The van der Waals surface area contributed by atoms with Gasteiger partial charge in [-0.3, -0.25) is 4.79 Å². The summed E-state index contributed by atoms with van der Waals surface area (Å²) in [6.07, 6.45) is 3.80. The molecule has 7 nitrogen and oxygen atoms in total. The van der Waals surface area contributed by atoms with Gasteiger partial charge < -0.3 is 18.9 Å². The Hall–Kier alpha value is -2.83. The Labute approximate surface area is 146 Å². The molecule has 2 aromatic rings. The van der Waals surface area contributed by atoms with Gasteiger partial charge in [0, 0.05) is 24.2 Å². The number of hydrogen-bond donors (Lipinski definition) is 0. The Morgan fingerprint density at radius 2 is 2.00 bits per heavy atom. The lowest BCUT2D eigenvalue weighted by molar-refractivity contribution is 0.0706. The molecule has 1 aliphatic rings. The van der Waals surface area contributed by atoms with Crippen molar-refractivity contribution in [2.24, 2.45) is 0 Å². The molecule has 3 rings (SSSR count). The normalized spacial score (nSPS) is 13.8. The Kier molecular flexibility index (Phi) is 4.74. The van der Waals surface area contributed by atoms with Gasteiger partial charge in [0.1, 0.15) is 5.82 Å². The van der Waals surface area contributed by atoms with E-state index in [-0.39, 0.29) is 5.91 Å². The highest BCUT2D eigenvalue weighted by Crippen LogP contribution is 2.34. The van der Waals surface area contributed by atoms with Crippen molar-refractivity contribution in [1.82, 2.24) is 19.7 Å². The summed E-state index contributed by atoms with van der Waals surface area (Å²) < 4.78 is 12.9. The summed E-state index contributed by atoms with van der Waals surface area (Å²) in [5.74, 6) is 2.79. The Bertz CT molecular complexity index is 826. The molecule has 132 valence electrons. The van der Waals surface area contributed by atoms with Gasteiger partial charge in [0.15, 0.2) is 17.3 Å². The number of amides is 1. The summed E-state index contributed by atoms with van der Waals surface area (Å²) >= 11 is 0. The highest BCUT2D eigenvalue weighted by Gasteiger charge is 2.25. The number of aromatic nitrogens is 3. The molecule has 0 saturated carbocycles. The maximum absolute atomic E-state index is 13.0. The first-order valence-corrected chi connectivity index (χ1v) is 8.15. The van der Waals surface area contributed by atoms with E-state index in [1.54, 1.807) is 25.2 Å². The second-order valence-electron chi connectivity index (χ2n) is 5.84. The zero-order valence-corrected chi connectivity index (χ0v) is 14.9. The molecule has 0 saturated heterocycles. The van der Waals surface area contributed by atoms with E-state index in [4.69, 9.17) is 9.47 Å². The molecule has 0 unspecified atom stereocenters. The predicted molar refractivity (Wildman–Crippen MR) is 93.8 cm³/mol. The molecular formula is C18H22N4O3. The van der Waals surface area contributed by atoms with Crippen molar-refractivity contribution < 1.29 is 14.3 Å². The van der Waals surface area contributed by atoms with Crippen molar-refractivity contribution in [3.63, 3.8) is 0 Å². The summed E-state index contributed by atoms with van der Waals surface area (Å²) in [5, 5.41) is 8.24. The smallest absolute Gasteiger partial charge is 0.254 e. The number of fused-ring (bicyclic) bond motifs is 1. The van der Waals surface area contributed by atoms with Gasteiger partial charge in [0.25, 0.3) is 5.91 Å². The highest BCUT2D eigenvalue weighted by atomic mass is 16.5. The van der Waals surface area contributed by atoms with E-state index in [0.29, 0.717) is 36.7 Å². The second kappa shape index (κ2) is 6.96. The fourth-order valence-electron chi connectivity index (χ4n) is 3.08. The van der Waals surface area contributed by atoms with Crippen LogP contribution in [0.3, 0.4) is 0 Å². The first kappa shape index (κ1) is 17.0. The maximum atomic E-state index is 13.0. The lowest BCUT2D eigenvalue weighted by atomic mass is 10.1. The molecule has 0 atom stereocenters. The monoisotopic (exact) mass is 342 g/mol. The third-order valence-electron chi connectivity index (χ3n) is 4.33. The second-order valence-corrected chi connectivity index (χ2v) is 5.84. The zero-order chi connectivity index (χ0) is 18.0. The standard InChI is InChI=1S/C18H22N4O3/c1-5-6-13-9-14(10-15(24-3)17(13)25-4)18(23)21-7-8-22-12(2)19-20-16(22)11-21/h5-6,9-10H,7-8,11H2,1-4H3/b6-5-. The number of allylic oxidation sites excluding steroid dienone is 1. The van der Waals surface area contributed by atoms with Gasteiger partial charge in [0.2, 0.25) is 0 Å². The number of ether oxygens (including phenoxy) is 2. The van der Waals surface area contributed by atoms with Gasteiger partial charge in [-0.05, 0) is 26.0 Å². The van der Waals surface area contributed by atoms with Crippen molar-refractivity contribution in [3.8, 4) is 11.5 Å². The van der Waals surface area contributed by atoms with Crippen molar-refractivity contribution in [2.45, 2.75) is 26.9 Å². The van der Waals surface area contributed by atoms with Gasteiger partial charge in [-0.1, -0.05) is 12.2 Å². The van der Waals surface area contributed by atoms with E-state index in [1.165, 1.54) is 0 Å². The van der Waals surface area contributed by atoms with Crippen LogP contribution in [0.15, 0.2) is 18.2 Å². The molecule has 1 aromatic heterocycles. The number of carbonyl (C=O) groups is 1. The Morgan fingerprint density at radius 3 is 2.68 bits per heavy atom. The fourth-order valence-corrected chi connectivity index (χ4v) is 3.08. The first-order chi connectivity index (χ1) is 12.1. The van der Waals surface area contributed by atoms with Gasteiger partial charge in [-0.25, -0.2) is 0 Å². The topological polar surface area (TPSA) is 69.5 Å². The van der Waals surface area contributed by atoms with Crippen LogP contribution in [0, 0.1) is 6.92 Å². The number of rotatable bonds is 4. The first-order valence-electron chi connectivity index (χ1n) is 8.15. The number of nitrogens with zero attached hydrogens (tertiary/aromatic N) is 4. The molecular weight excluding hydrogens is 320 g/mol. The van der Waals surface area contributed by atoms with E-state index in [9.17, 15) is 4.79 Å². The largest absolute Gasteiger partial charge is 0.493 e. The van der Waals surface area contributed by atoms with Crippen molar-refractivity contribution in [3.05, 3.63) is 41.0 Å². The minimum atomic E-state index is -0.0568. The number of hydrogen-bond acceptors (Lipinski definition) is 5. The molecule has 7 heteroatoms. The zero-order valence-electron chi connectivity index (χ0n) is 14.9. The van der Waals surface area contributed by atoms with E-state index >= 15 is 0 Å². The van der Waals surface area contributed by atoms with Gasteiger partial charge in [-0.2, -0.15) is 0 Å². The predicted octanol–water partition coefficient (Wildman–Crippen LogP) is 2.29. The number of aryl methyl sites for hydroxylation is 1. The van der Waals surface area contributed by atoms with Gasteiger partial charge in [0.05, 0.1) is 20.8 Å². The molecule has 0 fully saturated rings. The molecule has 1 amide bonds. The quantitative estimate of drug-likeness (QED) is 0.853. The summed E-state index contributed by atoms with van der Waals surface area (Å²) in [5.41, 5.74) is 1.37. The minimum Gasteiger partial charge on any atom is -0.493 e. The lowest BCUT2D eigenvalue weighted by Crippen LogP contribution is -2.38. The van der Waals surface area contributed by atoms with Crippen molar-refractivity contribution >= 4 is 12.0 Å². The van der Waals surface area contributed by atoms with Crippen LogP contribution in [0.5, 0.6) is 11.5 Å². The van der Waals surface area contributed by atoms with Crippen LogP contribution < -0.4 is 9.47 Å². The third kappa shape index (κ3) is 3.09. The number of carbonyl (C=O) groups excluding carboxylic acids is 1. The van der Waals surface area contributed by atoms with Crippen molar-refractivity contribution in [1.29, 1.82) is 0 Å². The molecule has 1 aliphatic heterocycles. The Balaban J connectivity index is 1.93. The third-order valence-corrected chi connectivity index (χ3v) is 4.33. The molecule has 0 spiro atoms. The van der Waals surface area contributed by atoms with E-state index < -0.39 is 0 Å². The number of benzene rings is 1. The molecule has 0 bridgehead atoms. The minimum absolute atomic E-state index is 0.0568. The average molecular weight is 342 g/mol. The molecule has 0 radical (unpaired) electrons. The highest BCUT2D eigenvalue weighted by molar-refractivity contribution is 5.96. The lowest BCUT2D eigenvalue weighted by Gasteiger charge is -2.28. The van der Waals surface area contributed by atoms with Crippen LogP contribution in [-0.2, 0) is 13.1 Å². The summed E-state index contributed by atoms with van der Waals surface area (Å²) in [7, 11) is 3.16. The van der Waals surface area contributed by atoms with Crippen LogP contribution >= 0.6 is 0 Å². The maximum Gasteiger partial charge on any atom is 0.254 e. The van der Waals surface area contributed by atoms with Crippen LogP contribution in [0.4, 0.5) is 0 Å². The van der Waals surface area contributed by atoms with Crippen LogP contribution in [0.25, 0.3) is 6.08 Å². The van der Waals surface area contributed by atoms with Crippen LogP contribution in [-0.4, -0.2) is 46.3 Å².